The highest BCUT2D eigenvalue weighted by Gasteiger charge is 2.26. The standard InChI is InChI=1S/C24H27N3O4/c1-29-21-14-19(15-22(30-2)23(21)31-16-18-6-4-3-5-7-18)24(28)26-11-8-20(9-12-26)27-13-10-25-17-27/h3-7,10,13-15,17,20H,8-9,11-12,16H2,1-2H3. The number of hydrogen-bond donors (Lipinski definition) is 0. The SMILES string of the molecule is COc1cc(C(=O)N2CCC(n3ccnc3)CC2)cc(OC)c1OCc1ccccc1. The Morgan fingerprint density at radius 1 is 1.06 bits per heavy atom. The van der Waals surface area contributed by atoms with E-state index >= 15 is 0 Å². The van der Waals surface area contributed by atoms with Crippen LogP contribution in [-0.2, 0) is 6.61 Å². The largest absolute Gasteiger partial charge is 0.493 e. The van der Waals surface area contributed by atoms with E-state index in [1.54, 1.807) is 32.5 Å². The molecule has 0 N–H and O–H groups in total. The van der Waals surface area contributed by atoms with E-state index in [0.29, 0.717) is 48.6 Å². The monoisotopic (exact) mass is 421 g/mol. The smallest absolute Gasteiger partial charge is 0.254 e. The molecule has 7 heteroatoms. The summed E-state index contributed by atoms with van der Waals surface area (Å²) in [5.41, 5.74) is 1.56. The number of aromatic nitrogens is 2. The van der Waals surface area contributed by atoms with Crippen LogP contribution in [0, 0.1) is 0 Å². The fourth-order valence-corrected chi connectivity index (χ4v) is 3.91. The zero-order chi connectivity index (χ0) is 21.6. The van der Waals surface area contributed by atoms with Gasteiger partial charge in [0.2, 0.25) is 5.75 Å². The van der Waals surface area contributed by atoms with Gasteiger partial charge in [0.25, 0.3) is 5.91 Å². The normalized spacial score (nSPS) is 14.3. The fourth-order valence-electron chi connectivity index (χ4n) is 3.91. The lowest BCUT2D eigenvalue weighted by molar-refractivity contribution is 0.0693. The van der Waals surface area contributed by atoms with Gasteiger partial charge in [0, 0.05) is 37.1 Å². The van der Waals surface area contributed by atoms with E-state index in [-0.39, 0.29) is 5.91 Å². The van der Waals surface area contributed by atoms with Crippen LogP contribution in [0.3, 0.4) is 0 Å². The van der Waals surface area contributed by atoms with Crippen LogP contribution >= 0.6 is 0 Å². The van der Waals surface area contributed by atoms with E-state index in [1.165, 1.54) is 0 Å². The number of hydrogen-bond acceptors (Lipinski definition) is 5. The molecule has 31 heavy (non-hydrogen) atoms. The predicted octanol–water partition coefficient (Wildman–Crippen LogP) is 3.96. The summed E-state index contributed by atoms with van der Waals surface area (Å²) in [5.74, 6) is 1.42. The number of ether oxygens (including phenoxy) is 3. The third-order valence-corrected chi connectivity index (χ3v) is 5.63. The first kappa shape index (κ1) is 20.8. The maximum absolute atomic E-state index is 13.2. The molecular weight excluding hydrogens is 394 g/mol. The number of imidazole rings is 1. The third-order valence-electron chi connectivity index (χ3n) is 5.63. The van der Waals surface area contributed by atoms with Crippen LogP contribution in [0.5, 0.6) is 17.2 Å². The van der Waals surface area contributed by atoms with Crippen molar-refractivity contribution in [1.29, 1.82) is 0 Å². The third kappa shape index (κ3) is 4.66. The first-order valence-corrected chi connectivity index (χ1v) is 10.4. The molecule has 7 nitrogen and oxygen atoms in total. The number of carbonyl (C=O) groups is 1. The molecule has 1 aliphatic rings. The predicted molar refractivity (Wildman–Crippen MR) is 117 cm³/mol. The minimum atomic E-state index is -0.0321. The van der Waals surface area contributed by atoms with Gasteiger partial charge in [0.1, 0.15) is 6.61 Å². The van der Waals surface area contributed by atoms with Crippen LogP contribution in [0.4, 0.5) is 0 Å². The van der Waals surface area contributed by atoms with Crippen molar-refractivity contribution in [2.45, 2.75) is 25.5 Å². The molecule has 2 aromatic carbocycles. The van der Waals surface area contributed by atoms with E-state index in [9.17, 15) is 4.79 Å². The van der Waals surface area contributed by atoms with Gasteiger partial charge in [0.15, 0.2) is 11.5 Å². The second kappa shape index (κ2) is 9.55. The summed E-state index contributed by atoms with van der Waals surface area (Å²) in [7, 11) is 3.13. The number of likely N-dealkylation sites (tertiary alicyclic amines) is 1. The Balaban J connectivity index is 1.48. The maximum Gasteiger partial charge on any atom is 0.254 e. The zero-order valence-corrected chi connectivity index (χ0v) is 17.9. The lowest BCUT2D eigenvalue weighted by Gasteiger charge is -2.32. The van der Waals surface area contributed by atoms with Crippen LogP contribution in [-0.4, -0.2) is 47.7 Å². The lowest BCUT2D eigenvalue weighted by Crippen LogP contribution is -2.38. The van der Waals surface area contributed by atoms with Gasteiger partial charge in [-0.2, -0.15) is 0 Å². The van der Waals surface area contributed by atoms with Crippen molar-refractivity contribution in [3.63, 3.8) is 0 Å². The van der Waals surface area contributed by atoms with Crippen molar-refractivity contribution < 1.29 is 19.0 Å². The van der Waals surface area contributed by atoms with E-state index < -0.39 is 0 Å². The first-order valence-electron chi connectivity index (χ1n) is 10.4. The second-order valence-electron chi connectivity index (χ2n) is 7.52. The Hall–Kier alpha value is -3.48. The number of methoxy groups -OCH3 is 2. The molecule has 0 spiro atoms. The number of rotatable bonds is 7. The number of nitrogens with zero attached hydrogens (tertiary/aromatic N) is 3. The Bertz CT molecular complexity index is 972. The van der Waals surface area contributed by atoms with Crippen LogP contribution < -0.4 is 14.2 Å². The molecule has 0 bridgehead atoms. The van der Waals surface area contributed by atoms with Crippen molar-refractivity contribution in [3.05, 3.63) is 72.3 Å². The topological polar surface area (TPSA) is 65.8 Å². The first-order chi connectivity index (χ1) is 15.2. The molecule has 1 fully saturated rings. The van der Waals surface area contributed by atoms with Gasteiger partial charge >= 0.3 is 0 Å². The van der Waals surface area contributed by atoms with Crippen molar-refractivity contribution in [3.8, 4) is 17.2 Å². The zero-order valence-electron chi connectivity index (χ0n) is 17.9. The molecular formula is C24H27N3O4. The van der Waals surface area contributed by atoms with Crippen molar-refractivity contribution in [2.24, 2.45) is 0 Å². The highest BCUT2D eigenvalue weighted by molar-refractivity contribution is 5.95. The molecule has 0 aliphatic carbocycles. The van der Waals surface area contributed by atoms with Crippen molar-refractivity contribution in [1.82, 2.24) is 14.5 Å². The molecule has 0 saturated carbocycles. The van der Waals surface area contributed by atoms with Crippen molar-refractivity contribution >= 4 is 5.91 Å². The van der Waals surface area contributed by atoms with Gasteiger partial charge < -0.3 is 23.7 Å². The Labute approximate surface area is 182 Å². The summed E-state index contributed by atoms with van der Waals surface area (Å²) in [4.78, 5) is 19.2. The molecule has 162 valence electrons. The van der Waals surface area contributed by atoms with Crippen LogP contribution in [0.15, 0.2) is 61.2 Å². The van der Waals surface area contributed by atoms with E-state index in [2.05, 4.69) is 9.55 Å². The summed E-state index contributed by atoms with van der Waals surface area (Å²) in [6, 6.07) is 13.7. The van der Waals surface area contributed by atoms with Crippen LogP contribution in [0.25, 0.3) is 0 Å². The van der Waals surface area contributed by atoms with Crippen LogP contribution in [0.1, 0.15) is 34.8 Å². The average Bonchev–Trinajstić information content (AvgIpc) is 3.37. The molecule has 1 aliphatic heterocycles. The molecule has 1 aromatic heterocycles. The van der Waals surface area contributed by atoms with Gasteiger partial charge in [-0.3, -0.25) is 4.79 Å². The highest BCUT2D eigenvalue weighted by Crippen LogP contribution is 2.39. The summed E-state index contributed by atoms with van der Waals surface area (Å²) >= 11 is 0. The van der Waals surface area contributed by atoms with Gasteiger partial charge in [-0.25, -0.2) is 4.98 Å². The molecule has 3 aromatic rings. The number of amides is 1. The fraction of sp³-hybridized carbons (Fsp3) is 0.333. The van der Waals surface area contributed by atoms with Crippen molar-refractivity contribution in [2.75, 3.05) is 27.3 Å². The molecule has 4 rings (SSSR count). The molecule has 1 saturated heterocycles. The number of benzene rings is 2. The van der Waals surface area contributed by atoms with E-state index in [0.717, 1.165) is 18.4 Å². The molecule has 0 radical (unpaired) electrons. The maximum atomic E-state index is 13.2. The second-order valence-corrected chi connectivity index (χ2v) is 7.52. The Morgan fingerprint density at radius 3 is 2.32 bits per heavy atom. The summed E-state index contributed by atoms with van der Waals surface area (Å²) in [5, 5.41) is 0. The minimum absolute atomic E-state index is 0.0321. The van der Waals surface area contributed by atoms with Gasteiger partial charge in [-0.15, -0.1) is 0 Å². The Kier molecular flexibility index (Phi) is 6.40. The average molecular weight is 421 g/mol. The lowest BCUT2D eigenvalue weighted by atomic mass is 10.0. The molecule has 1 amide bonds. The summed E-state index contributed by atoms with van der Waals surface area (Å²) in [6.07, 6.45) is 7.40. The summed E-state index contributed by atoms with van der Waals surface area (Å²) < 4.78 is 19.2. The Morgan fingerprint density at radius 2 is 1.74 bits per heavy atom. The summed E-state index contributed by atoms with van der Waals surface area (Å²) in [6.45, 7) is 1.76. The van der Waals surface area contributed by atoms with Gasteiger partial charge in [-0.05, 0) is 30.5 Å². The quantitative estimate of drug-likeness (QED) is 0.578. The van der Waals surface area contributed by atoms with Gasteiger partial charge in [-0.1, -0.05) is 30.3 Å². The van der Waals surface area contributed by atoms with Gasteiger partial charge in [0.05, 0.1) is 20.5 Å². The minimum Gasteiger partial charge on any atom is -0.493 e. The highest BCUT2D eigenvalue weighted by atomic mass is 16.5. The van der Waals surface area contributed by atoms with Crippen LogP contribution in [0.2, 0.25) is 0 Å². The molecule has 2 heterocycles. The van der Waals surface area contributed by atoms with E-state index in [1.807, 2.05) is 47.8 Å². The molecule has 0 atom stereocenters. The van der Waals surface area contributed by atoms with E-state index in [4.69, 9.17) is 14.2 Å². The number of carbonyl (C=O) groups excluding carboxylic acids is 1. The number of piperidine rings is 1. The molecule has 0 unspecified atom stereocenters.